The quantitative estimate of drug-likeness (QED) is 0.353. The van der Waals surface area contributed by atoms with Gasteiger partial charge in [0.1, 0.15) is 17.1 Å². The fourth-order valence-corrected chi connectivity index (χ4v) is 2.61. The number of halogens is 4. The third kappa shape index (κ3) is 5.10. The molecule has 2 rings (SSSR count). The zero-order chi connectivity index (χ0) is 21.1. The number of hydrogen-bond donors (Lipinski definition) is 1. The molecule has 1 N–H and O–H groups in total. The molecular formula is C18H14BrF3N2O4. The third-order valence-electron chi connectivity index (χ3n) is 3.61. The largest absolute Gasteiger partial charge is 0.456 e. The maximum absolute atomic E-state index is 12.7. The SMILES string of the molecule is C=CC(C)NC(=O)c1cc(Oc2ccc(C(F)(F)F)cc2Br)ccc1[N+](=O)[O-]. The van der Waals surface area contributed by atoms with Crippen LogP contribution in [0.1, 0.15) is 22.8 Å². The van der Waals surface area contributed by atoms with Gasteiger partial charge in [-0.15, -0.1) is 6.58 Å². The van der Waals surface area contributed by atoms with E-state index < -0.39 is 34.3 Å². The molecule has 0 aliphatic heterocycles. The van der Waals surface area contributed by atoms with Crippen molar-refractivity contribution in [2.45, 2.75) is 19.1 Å². The van der Waals surface area contributed by atoms with Crippen molar-refractivity contribution in [1.29, 1.82) is 0 Å². The lowest BCUT2D eigenvalue weighted by atomic mass is 10.1. The number of hydrogen-bond acceptors (Lipinski definition) is 4. The Kier molecular flexibility index (Phi) is 6.45. The van der Waals surface area contributed by atoms with Crippen LogP contribution in [-0.4, -0.2) is 16.9 Å². The van der Waals surface area contributed by atoms with Gasteiger partial charge in [0.25, 0.3) is 11.6 Å². The Labute approximate surface area is 166 Å². The van der Waals surface area contributed by atoms with Crippen molar-refractivity contribution < 1.29 is 27.6 Å². The number of carbonyl (C=O) groups is 1. The lowest BCUT2D eigenvalue weighted by molar-refractivity contribution is -0.385. The van der Waals surface area contributed by atoms with E-state index in [0.717, 1.165) is 30.3 Å². The maximum atomic E-state index is 12.7. The molecule has 0 radical (unpaired) electrons. The number of nitrogens with zero attached hydrogens (tertiary/aromatic N) is 1. The standard InChI is InChI=1S/C18H14BrF3N2O4/c1-3-10(2)23-17(25)13-9-12(5-6-15(13)24(26)27)28-16-7-4-11(8-14(16)19)18(20,21)22/h3-10H,1H2,2H3,(H,23,25). The molecule has 0 spiro atoms. The highest BCUT2D eigenvalue weighted by Gasteiger charge is 2.31. The number of nitrogens with one attached hydrogen (secondary N) is 1. The summed E-state index contributed by atoms with van der Waals surface area (Å²) in [4.78, 5) is 22.8. The van der Waals surface area contributed by atoms with Gasteiger partial charge in [0.15, 0.2) is 0 Å². The van der Waals surface area contributed by atoms with Gasteiger partial charge in [-0.05, 0) is 47.1 Å². The zero-order valence-electron chi connectivity index (χ0n) is 14.4. The lowest BCUT2D eigenvalue weighted by Crippen LogP contribution is -2.31. The lowest BCUT2D eigenvalue weighted by Gasteiger charge is -2.13. The van der Waals surface area contributed by atoms with E-state index in [2.05, 4.69) is 27.8 Å². The van der Waals surface area contributed by atoms with E-state index in [1.54, 1.807) is 6.92 Å². The summed E-state index contributed by atoms with van der Waals surface area (Å²) in [5.74, 6) is -0.619. The number of benzene rings is 2. The minimum absolute atomic E-state index is 0.0342. The smallest absolute Gasteiger partial charge is 0.416 e. The molecule has 0 fully saturated rings. The second-order valence-electron chi connectivity index (χ2n) is 5.68. The fourth-order valence-electron chi connectivity index (χ4n) is 2.15. The molecule has 0 heterocycles. The third-order valence-corrected chi connectivity index (χ3v) is 4.23. The molecule has 2 aromatic rings. The predicted molar refractivity (Wildman–Crippen MR) is 99.4 cm³/mol. The first kappa shape index (κ1) is 21.4. The Morgan fingerprint density at radius 1 is 1.32 bits per heavy atom. The van der Waals surface area contributed by atoms with Gasteiger partial charge in [-0.1, -0.05) is 6.08 Å². The van der Waals surface area contributed by atoms with E-state index in [0.29, 0.717) is 0 Å². The summed E-state index contributed by atoms with van der Waals surface area (Å²) in [7, 11) is 0. The van der Waals surface area contributed by atoms with Gasteiger partial charge in [0.05, 0.1) is 15.0 Å². The van der Waals surface area contributed by atoms with Gasteiger partial charge in [-0.2, -0.15) is 13.2 Å². The molecule has 0 saturated heterocycles. The molecule has 1 atom stereocenters. The number of ether oxygens (including phenoxy) is 1. The summed E-state index contributed by atoms with van der Waals surface area (Å²) in [6.07, 6.45) is -3.06. The molecular weight excluding hydrogens is 445 g/mol. The van der Waals surface area contributed by atoms with Gasteiger partial charge in [-0.3, -0.25) is 14.9 Å². The molecule has 6 nitrogen and oxygen atoms in total. The van der Waals surface area contributed by atoms with Crippen molar-refractivity contribution in [2.75, 3.05) is 0 Å². The van der Waals surface area contributed by atoms with Crippen molar-refractivity contribution in [3.8, 4) is 11.5 Å². The monoisotopic (exact) mass is 458 g/mol. The van der Waals surface area contributed by atoms with Crippen molar-refractivity contribution >= 4 is 27.5 Å². The van der Waals surface area contributed by atoms with E-state index in [1.807, 2.05) is 0 Å². The number of amides is 1. The second kappa shape index (κ2) is 8.42. The van der Waals surface area contributed by atoms with E-state index in [4.69, 9.17) is 4.74 Å². The Bertz CT molecular complexity index is 932. The molecule has 2 aromatic carbocycles. The summed E-state index contributed by atoms with van der Waals surface area (Å²) in [6, 6.07) is 5.84. The molecule has 0 aliphatic rings. The first-order valence-electron chi connectivity index (χ1n) is 7.79. The van der Waals surface area contributed by atoms with Crippen LogP contribution in [0.25, 0.3) is 0 Å². The van der Waals surface area contributed by atoms with Gasteiger partial charge in [0, 0.05) is 18.2 Å². The van der Waals surface area contributed by atoms with Crippen molar-refractivity contribution in [2.24, 2.45) is 0 Å². The Morgan fingerprint density at radius 2 is 2.00 bits per heavy atom. The summed E-state index contributed by atoms with van der Waals surface area (Å²) in [5.41, 5.74) is -1.55. The topological polar surface area (TPSA) is 81.5 Å². The van der Waals surface area contributed by atoms with Gasteiger partial charge >= 0.3 is 6.18 Å². The summed E-state index contributed by atoms with van der Waals surface area (Å²) >= 11 is 3.00. The zero-order valence-corrected chi connectivity index (χ0v) is 16.0. The molecule has 28 heavy (non-hydrogen) atoms. The minimum atomic E-state index is -4.51. The van der Waals surface area contributed by atoms with Crippen LogP contribution in [-0.2, 0) is 6.18 Å². The van der Waals surface area contributed by atoms with E-state index in [9.17, 15) is 28.1 Å². The summed E-state index contributed by atoms with van der Waals surface area (Å²) in [6.45, 7) is 5.15. The first-order chi connectivity index (χ1) is 13.0. The van der Waals surface area contributed by atoms with Crippen LogP contribution >= 0.6 is 15.9 Å². The Morgan fingerprint density at radius 3 is 2.54 bits per heavy atom. The summed E-state index contributed by atoms with van der Waals surface area (Å²) in [5, 5.41) is 13.7. The van der Waals surface area contributed by atoms with E-state index >= 15 is 0 Å². The van der Waals surface area contributed by atoms with Crippen molar-refractivity contribution in [3.05, 3.63) is 74.8 Å². The Balaban J connectivity index is 2.37. The highest BCUT2D eigenvalue weighted by molar-refractivity contribution is 9.10. The average Bonchev–Trinajstić information content (AvgIpc) is 2.62. The van der Waals surface area contributed by atoms with E-state index in [1.165, 1.54) is 12.1 Å². The van der Waals surface area contributed by atoms with Crippen molar-refractivity contribution in [1.82, 2.24) is 5.32 Å². The van der Waals surface area contributed by atoms with Crippen LogP contribution in [0.3, 0.4) is 0 Å². The highest BCUT2D eigenvalue weighted by atomic mass is 79.9. The van der Waals surface area contributed by atoms with Crippen molar-refractivity contribution in [3.63, 3.8) is 0 Å². The van der Waals surface area contributed by atoms with Crippen LogP contribution < -0.4 is 10.1 Å². The second-order valence-corrected chi connectivity index (χ2v) is 6.53. The minimum Gasteiger partial charge on any atom is -0.456 e. The van der Waals surface area contributed by atoms with Crippen LogP contribution in [0, 0.1) is 10.1 Å². The number of nitro groups is 1. The molecule has 0 saturated carbocycles. The van der Waals surface area contributed by atoms with E-state index in [-0.39, 0.29) is 21.5 Å². The van der Waals surface area contributed by atoms with Crippen LogP contribution in [0.15, 0.2) is 53.5 Å². The normalized spacial score (nSPS) is 12.2. The number of carbonyl (C=O) groups excluding carboxylic acids is 1. The van der Waals surface area contributed by atoms with Crippen LogP contribution in [0.5, 0.6) is 11.5 Å². The first-order valence-corrected chi connectivity index (χ1v) is 8.58. The van der Waals surface area contributed by atoms with Crippen LogP contribution in [0.2, 0.25) is 0 Å². The molecule has 0 aromatic heterocycles. The molecule has 10 heteroatoms. The molecule has 1 unspecified atom stereocenters. The molecule has 148 valence electrons. The number of alkyl halides is 3. The van der Waals surface area contributed by atoms with Gasteiger partial charge in [0.2, 0.25) is 0 Å². The maximum Gasteiger partial charge on any atom is 0.416 e. The average molecular weight is 459 g/mol. The predicted octanol–water partition coefficient (Wildman–Crippen LogP) is 5.47. The number of nitro benzene ring substituents is 1. The summed E-state index contributed by atoms with van der Waals surface area (Å²) < 4.78 is 43.8. The van der Waals surface area contributed by atoms with Crippen LogP contribution in [0.4, 0.5) is 18.9 Å². The molecule has 1 amide bonds. The highest BCUT2D eigenvalue weighted by Crippen LogP contribution is 2.37. The van der Waals surface area contributed by atoms with Gasteiger partial charge in [-0.25, -0.2) is 0 Å². The Hall–Kier alpha value is -2.88. The molecule has 0 bridgehead atoms. The molecule has 0 aliphatic carbocycles. The number of rotatable bonds is 6. The van der Waals surface area contributed by atoms with Gasteiger partial charge < -0.3 is 10.1 Å². The fraction of sp³-hybridized carbons (Fsp3) is 0.167.